The van der Waals surface area contributed by atoms with Gasteiger partial charge >= 0.3 is 5.97 Å². The summed E-state index contributed by atoms with van der Waals surface area (Å²) < 4.78 is 6.10. The maximum absolute atomic E-state index is 12.4. The van der Waals surface area contributed by atoms with Gasteiger partial charge < -0.3 is 15.4 Å². The van der Waals surface area contributed by atoms with Gasteiger partial charge in [-0.3, -0.25) is 0 Å². The third kappa shape index (κ3) is 2.99. The zero-order valence-corrected chi connectivity index (χ0v) is 13.5. The van der Waals surface area contributed by atoms with E-state index < -0.39 is 5.54 Å². The number of benzene rings is 1. The molecule has 1 aromatic carbocycles. The second-order valence-corrected chi connectivity index (χ2v) is 6.07. The summed E-state index contributed by atoms with van der Waals surface area (Å²) in [6.45, 7) is 3.75. The third-order valence-electron chi connectivity index (χ3n) is 4.04. The average molecular weight is 341 g/mol. The van der Waals surface area contributed by atoms with Crippen molar-refractivity contribution in [1.82, 2.24) is 5.32 Å². The van der Waals surface area contributed by atoms with Crippen LogP contribution < -0.4 is 10.6 Å². The first kappa shape index (κ1) is 15.3. The Morgan fingerprint density at radius 1 is 1.50 bits per heavy atom. The zero-order valence-electron chi connectivity index (χ0n) is 11.9. The van der Waals surface area contributed by atoms with Gasteiger partial charge in [0.25, 0.3) is 0 Å². The quantitative estimate of drug-likeness (QED) is 0.827. The van der Waals surface area contributed by atoms with Crippen LogP contribution in [0.3, 0.4) is 0 Å². The first-order chi connectivity index (χ1) is 9.62. The molecule has 1 saturated heterocycles. The number of hydrogen-bond donors (Lipinski definition) is 2. The van der Waals surface area contributed by atoms with Crippen molar-refractivity contribution in [2.45, 2.75) is 25.3 Å². The number of methoxy groups -OCH3 is 1. The summed E-state index contributed by atoms with van der Waals surface area (Å²) >= 11 is 3.42. The van der Waals surface area contributed by atoms with Crippen molar-refractivity contribution in [2.24, 2.45) is 5.92 Å². The molecule has 1 aromatic rings. The van der Waals surface area contributed by atoms with Crippen LogP contribution in [0.1, 0.15) is 19.8 Å². The second-order valence-electron chi connectivity index (χ2n) is 5.15. The van der Waals surface area contributed by atoms with E-state index in [-0.39, 0.29) is 11.9 Å². The summed E-state index contributed by atoms with van der Waals surface area (Å²) in [7, 11) is 1.46. The molecule has 1 heterocycles. The molecule has 1 aliphatic rings. The van der Waals surface area contributed by atoms with E-state index >= 15 is 0 Å². The number of piperidine rings is 1. The number of carbonyl (C=O) groups is 1. The Kier molecular flexibility index (Phi) is 5.05. The molecule has 4 nitrogen and oxygen atoms in total. The van der Waals surface area contributed by atoms with Crippen LogP contribution in [0.25, 0.3) is 0 Å². The largest absolute Gasteiger partial charge is 0.467 e. The Bertz CT molecular complexity index is 463. The van der Waals surface area contributed by atoms with E-state index in [1.807, 2.05) is 24.3 Å². The lowest BCUT2D eigenvalue weighted by Gasteiger charge is -2.43. The smallest absolute Gasteiger partial charge is 0.331 e. The van der Waals surface area contributed by atoms with Crippen molar-refractivity contribution < 1.29 is 9.53 Å². The van der Waals surface area contributed by atoms with Crippen LogP contribution in [-0.2, 0) is 9.53 Å². The summed E-state index contributed by atoms with van der Waals surface area (Å²) in [6.07, 6.45) is 1.65. The lowest BCUT2D eigenvalue weighted by Crippen LogP contribution is -2.60. The van der Waals surface area contributed by atoms with Gasteiger partial charge in [0.1, 0.15) is 5.54 Å². The maximum atomic E-state index is 12.4. The van der Waals surface area contributed by atoms with Gasteiger partial charge in [0.05, 0.1) is 7.11 Å². The van der Waals surface area contributed by atoms with Gasteiger partial charge in [-0.25, -0.2) is 4.79 Å². The Labute approximate surface area is 128 Å². The molecule has 20 heavy (non-hydrogen) atoms. The fraction of sp³-hybridized carbons (Fsp3) is 0.533. The minimum atomic E-state index is -0.636. The molecule has 0 bridgehead atoms. The van der Waals surface area contributed by atoms with Crippen LogP contribution in [0.4, 0.5) is 5.69 Å². The van der Waals surface area contributed by atoms with Crippen LogP contribution in [0.2, 0.25) is 0 Å². The van der Waals surface area contributed by atoms with Crippen LogP contribution >= 0.6 is 15.9 Å². The Morgan fingerprint density at radius 3 is 2.80 bits per heavy atom. The summed E-state index contributed by atoms with van der Waals surface area (Å²) in [6, 6.07) is 7.89. The first-order valence-electron chi connectivity index (χ1n) is 6.95. The van der Waals surface area contributed by atoms with Gasteiger partial charge in [-0.1, -0.05) is 22.9 Å². The molecular weight excluding hydrogens is 320 g/mol. The van der Waals surface area contributed by atoms with Crippen molar-refractivity contribution in [3.8, 4) is 0 Å². The van der Waals surface area contributed by atoms with Crippen LogP contribution in [0.5, 0.6) is 0 Å². The number of esters is 1. The summed E-state index contributed by atoms with van der Waals surface area (Å²) in [5.41, 5.74) is 0.307. The van der Waals surface area contributed by atoms with E-state index in [1.54, 1.807) is 0 Å². The molecule has 0 radical (unpaired) electrons. The number of hydrogen-bond acceptors (Lipinski definition) is 4. The lowest BCUT2D eigenvalue weighted by molar-refractivity contribution is -0.149. The minimum absolute atomic E-state index is 0.172. The Balaban J connectivity index is 2.31. The van der Waals surface area contributed by atoms with E-state index in [9.17, 15) is 4.79 Å². The highest BCUT2D eigenvalue weighted by Gasteiger charge is 2.47. The third-order valence-corrected chi connectivity index (χ3v) is 4.57. The normalized spacial score (nSPS) is 26.1. The molecule has 0 saturated carbocycles. The minimum Gasteiger partial charge on any atom is -0.467 e. The number of rotatable bonds is 4. The Hall–Kier alpha value is -1.07. The first-order valence-corrected chi connectivity index (χ1v) is 7.74. The summed E-state index contributed by atoms with van der Waals surface area (Å²) in [4.78, 5) is 12.4. The van der Waals surface area contributed by atoms with Crippen molar-refractivity contribution in [2.75, 3.05) is 25.5 Å². The molecule has 2 rings (SSSR count). The molecule has 0 aromatic heterocycles. The topological polar surface area (TPSA) is 50.4 Å². The molecule has 1 aliphatic heterocycles. The van der Waals surface area contributed by atoms with E-state index in [1.165, 1.54) is 7.11 Å². The fourth-order valence-electron chi connectivity index (χ4n) is 2.89. The molecule has 2 N–H and O–H groups in total. The molecule has 5 heteroatoms. The number of halogens is 1. The maximum Gasteiger partial charge on any atom is 0.331 e. The van der Waals surface area contributed by atoms with Gasteiger partial charge in [-0.2, -0.15) is 0 Å². The van der Waals surface area contributed by atoms with Crippen molar-refractivity contribution in [3.05, 3.63) is 28.7 Å². The van der Waals surface area contributed by atoms with Gasteiger partial charge in [0.2, 0.25) is 0 Å². The number of ether oxygens (including phenoxy) is 1. The monoisotopic (exact) mass is 340 g/mol. The molecule has 0 spiro atoms. The molecular formula is C15H21BrN2O2. The van der Waals surface area contributed by atoms with E-state index in [4.69, 9.17) is 4.74 Å². The number of anilines is 1. The van der Waals surface area contributed by atoms with Crippen molar-refractivity contribution in [3.63, 3.8) is 0 Å². The molecule has 0 aliphatic carbocycles. The van der Waals surface area contributed by atoms with E-state index in [0.29, 0.717) is 0 Å². The zero-order chi connectivity index (χ0) is 14.6. The number of nitrogens with one attached hydrogen (secondary N) is 2. The van der Waals surface area contributed by atoms with E-state index in [0.717, 1.165) is 36.1 Å². The molecule has 2 atom stereocenters. The molecule has 110 valence electrons. The molecule has 1 fully saturated rings. The lowest BCUT2D eigenvalue weighted by atomic mass is 9.76. The fourth-order valence-corrected chi connectivity index (χ4v) is 3.15. The SMILES string of the molecule is CCC1CNCCC1(Nc1ccc(Br)cc1)C(=O)OC. The van der Waals surface area contributed by atoms with Gasteiger partial charge in [0, 0.05) is 22.6 Å². The standard InChI is InChI=1S/C15H21BrN2O2/c1-3-11-10-17-9-8-15(11,14(19)20-2)18-13-6-4-12(16)5-7-13/h4-7,11,17-18H,3,8-10H2,1-2H3. The predicted octanol–water partition coefficient (Wildman–Crippen LogP) is 2.79. The van der Waals surface area contributed by atoms with Gasteiger partial charge in [-0.05, 0) is 43.7 Å². The van der Waals surface area contributed by atoms with Gasteiger partial charge in [-0.15, -0.1) is 0 Å². The van der Waals surface area contributed by atoms with Crippen molar-refractivity contribution >= 4 is 27.6 Å². The summed E-state index contributed by atoms with van der Waals surface area (Å²) in [5.74, 6) is 0.0427. The number of carbonyl (C=O) groups excluding carboxylic acids is 1. The highest BCUT2D eigenvalue weighted by Crippen LogP contribution is 2.33. The van der Waals surface area contributed by atoms with E-state index in [2.05, 4.69) is 33.5 Å². The summed E-state index contributed by atoms with van der Waals surface area (Å²) in [5, 5.41) is 6.80. The van der Waals surface area contributed by atoms with Crippen LogP contribution in [0.15, 0.2) is 28.7 Å². The van der Waals surface area contributed by atoms with Crippen LogP contribution in [-0.4, -0.2) is 31.7 Å². The van der Waals surface area contributed by atoms with Gasteiger partial charge in [0.15, 0.2) is 0 Å². The van der Waals surface area contributed by atoms with Crippen LogP contribution in [0, 0.1) is 5.92 Å². The highest BCUT2D eigenvalue weighted by molar-refractivity contribution is 9.10. The Morgan fingerprint density at radius 2 is 2.20 bits per heavy atom. The second kappa shape index (κ2) is 6.59. The average Bonchev–Trinajstić information content (AvgIpc) is 2.49. The molecule has 0 amide bonds. The van der Waals surface area contributed by atoms with Crippen molar-refractivity contribution in [1.29, 1.82) is 0 Å². The predicted molar refractivity (Wildman–Crippen MR) is 83.8 cm³/mol. The highest BCUT2D eigenvalue weighted by atomic mass is 79.9. The molecule has 2 unspecified atom stereocenters.